The molecule has 21 heavy (non-hydrogen) atoms. The highest BCUT2D eigenvalue weighted by atomic mass is 32.1. The van der Waals surface area contributed by atoms with Crippen molar-refractivity contribution in [1.82, 2.24) is 19.9 Å². The molecule has 3 rings (SSSR count). The number of H-pyrrole nitrogens is 1. The van der Waals surface area contributed by atoms with Gasteiger partial charge >= 0.3 is 0 Å². The third kappa shape index (κ3) is 2.73. The molecule has 0 radical (unpaired) electrons. The van der Waals surface area contributed by atoms with Crippen molar-refractivity contribution >= 4 is 17.4 Å². The Morgan fingerprint density at radius 1 is 1.52 bits per heavy atom. The molecule has 7 heteroatoms. The minimum absolute atomic E-state index is 0.0649. The number of carbonyl (C=O) groups excluding carboxylic acids is 1. The van der Waals surface area contributed by atoms with E-state index >= 15 is 0 Å². The summed E-state index contributed by atoms with van der Waals surface area (Å²) in [4.78, 5) is 27.2. The van der Waals surface area contributed by atoms with E-state index < -0.39 is 0 Å². The average Bonchev–Trinajstić information content (AvgIpc) is 2.95. The van der Waals surface area contributed by atoms with Gasteiger partial charge in [0.2, 0.25) is 5.56 Å². The minimum atomic E-state index is -0.133. The standard InChI is InChI=1S/C14H16N4O2S/c1-2-9-13(21-18-17-9)14(20)16-11-5-3-4-10-8(11)6-7-12(19)15-10/h6-7,11H,2-5H2,1H3,(H,15,19)(H,16,20). The van der Waals surface area contributed by atoms with Crippen LogP contribution in [-0.2, 0) is 12.8 Å². The molecular formula is C14H16N4O2S. The van der Waals surface area contributed by atoms with E-state index in [1.807, 2.05) is 13.0 Å². The summed E-state index contributed by atoms with van der Waals surface area (Å²) >= 11 is 1.12. The maximum absolute atomic E-state index is 12.4. The number of pyridine rings is 1. The molecule has 2 aromatic rings. The fraction of sp³-hybridized carbons (Fsp3) is 0.429. The van der Waals surface area contributed by atoms with E-state index in [4.69, 9.17) is 0 Å². The summed E-state index contributed by atoms with van der Waals surface area (Å²) in [5.74, 6) is -0.133. The normalized spacial score (nSPS) is 17.3. The Balaban J connectivity index is 1.84. The number of amides is 1. The minimum Gasteiger partial charge on any atom is -0.344 e. The first-order valence-corrected chi connectivity index (χ1v) is 7.80. The van der Waals surface area contributed by atoms with Crippen molar-refractivity contribution in [1.29, 1.82) is 0 Å². The Morgan fingerprint density at radius 3 is 3.19 bits per heavy atom. The molecule has 2 aromatic heterocycles. The lowest BCUT2D eigenvalue weighted by Crippen LogP contribution is -2.32. The topological polar surface area (TPSA) is 87.7 Å². The van der Waals surface area contributed by atoms with Crippen molar-refractivity contribution in [3.8, 4) is 0 Å². The number of rotatable bonds is 3. The van der Waals surface area contributed by atoms with Crippen LogP contribution in [0.2, 0.25) is 0 Å². The average molecular weight is 304 g/mol. The van der Waals surface area contributed by atoms with E-state index in [1.165, 1.54) is 6.07 Å². The Hall–Kier alpha value is -2.02. The number of carbonyl (C=O) groups is 1. The number of hydrogen-bond acceptors (Lipinski definition) is 5. The van der Waals surface area contributed by atoms with Crippen molar-refractivity contribution in [2.45, 2.75) is 38.6 Å². The number of aromatic amines is 1. The molecule has 6 nitrogen and oxygen atoms in total. The van der Waals surface area contributed by atoms with Gasteiger partial charge in [-0.2, -0.15) is 0 Å². The van der Waals surface area contributed by atoms with E-state index in [9.17, 15) is 9.59 Å². The zero-order valence-corrected chi connectivity index (χ0v) is 12.5. The molecule has 1 aliphatic rings. The smallest absolute Gasteiger partial charge is 0.265 e. The molecule has 1 unspecified atom stereocenters. The molecule has 0 aliphatic heterocycles. The Bertz CT molecular complexity index is 722. The lowest BCUT2D eigenvalue weighted by atomic mass is 9.91. The van der Waals surface area contributed by atoms with E-state index in [1.54, 1.807) is 0 Å². The largest absolute Gasteiger partial charge is 0.344 e. The zero-order chi connectivity index (χ0) is 14.8. The van der Waals surface area contributed by atoms with Crippen molar-refractivity contribution < 1.29 is 4.79 Å². The highest BCUT2D eigenvalue weighted by Gasteiger charge is 2.24. The van der Waals surface area contributed by atoms with Crippen LogP contribution in [0, 0.1) is 0 Å². The van der Waals surface area contributed by atoms with Gasteiger partial charge in [-0.05, 0) is 48.8 Å². The van der Waals surface area contributed by atoms with E-state index in [0.717, 1.165) is 47.7 Å². The maximum Gasteiger partial charge on any atom is 0.265 e. The van der Waals surface area contributed by atoms with Gasteiger partial charge in [-0.3, -0.25) is 9.59 Å². The van der Waals surface area contributed by atoms with Gasteiger partial charge in [-0.1, -0.05) is 11.4 Å². The van der Waals surface area contributed by atoms with Crippen LogP contribution in [0.1, 0.15) is 52.4 Å². The molecule has 0 aromatic carbocycles. The predicted molar refractivity (Wildman–Crippen MR) is 79.5 cm³/mol. The summed E-state index contributed by atoms with van der Waals surface area (Å²) in [6.45, 7) is 1.95. The quantitative estimate of drug-likeness (QED) is 0.901. The summed E-state index contributed by atoms with van der Waals surface area (Å²) in [6.07, 6.45) is 3.35. The molecule has 1 aliphatic carbocycles. The van der Waals surface area contributed by atoms with Crippen LogP contribution >= 0.6 is 11.5 Å². The van der Waals surface area contributed by atoms with Crippen LogP contribution in [0.5, 0.6) is 0 Å². The second-order valence-electron chi connectivity index (χ2n) is 5.08. The monoisotopic (exact) mass is 304 g/mol. The lowest BCUT2D eigenvalue weighted by Gasteiger charge is -2.25. The number of hydrogen-bond donors (Lipinski definition) is 2. The number of aromatic nitrogens is 3. The molecule has 0 fully saturated rings. The fourth-order valence-corrected chi connectivity index (χ4v) is 3.34. The molecule has 2 heterocycles. The number of nitrogens with zero attached hydrogens (tertiary/aromatic N) is 2. The summed E-state index contributed by atoms with van der Waals surface area (Å²) in [5, 5.41) is 7.01. The van der Waals surface area contributed by atoms with Gasteiger partial charge in [0.05, 0.1) is 11.7 Å². The fourth-order valence-electron chi connectivity index (χ4n) is 2.69. The molecule has 0 saturated heterocycles. The lowest BCUT2D eigenvalue weighted by molar-refractivity contribution is 0.0935. The zero-order valence-electron chi connectivity index (χ0n) is 11.7. The third-order valence-electron chi connectivity index (χ3n) is 3.73. The number of aryl methyl sites for hydroxylation is 2. The van der Waals surface area contributed by atoms with Crippen molar-refractivity contribution in [2.75, 3.05) is 0 Å². The van der Waals surface area contributed by atoms with Crippen molar-refractivity contribution in [2.24, 2.45) is 0 Å². The first kappa shape index (κ1) is 13.9. The predicted octanol–water partition coefficient (Wildman–Crippen LogP) is 1.60. The van der Waals surface area contributed by atoms with Gasteiger partial charge < -0.3 is 10.3 Å². The molecule has 110 valence electrons. The number of fused-ring (bicyclic) bond motifs is 1. The van der Waals surface area contributed by atoms with E-state index in [2.05, 4.69) is 19.9 Å². The van der Waals surface area contributed by atoms with Crippen LogP contribution in [0.15, 0.2) is 16.9 Å². The van der Waals surface area contributed by atoms with Gasteiger partial charge in [0.15, 0.2) is 0 Å². The van der Waals surface area contributed by atoms with Crippen molar-refractivity contribution in [3.05, 3.63) is 44.3 Å². The molecule has 1 amide bonds. The van der Waals surface area contributed by atoms with Gasteiger partial charge in [0, 0.05) is 11.8 Å². The summed E-state index contributed by atoms with van der Waals surface area (Å²) in [6, 6.07) is 3.25. The van der Waals surface area contributed by atoms with Crippen LogP contribution in [0.25, 0.3) is 0 Å². The van der Waals surface area contributed by atoms with Gasteiger partial charge in [0.1, 0.15) is 4.88 Å². The molecule has 2 N–H and O–H groups in total. The second kappa shape index (κ2) is 5.77. The van der Waals surface area contributed by atoms with Crippen molar-refractivity contribution in [3.63, 3.8) is 0 Å². The van der Waals surface area contributed by atoms with Crippen LogP contribution in [-0.4, -0.2) is 20.5 Å². The van der Waals surface area contributed by atoms with E-state index in [0.29, 0.717) is 11.3 Å². The van der Waals surface area contributed by atoms with E-state index in [-0.39, 0.29) is 17.5 Å². The summed E-state index contributed by atoms with van der Waals surface area (Å²) in [5.41, 5.74) is 2.57. The highest BCUT2D eigenvalue weighted by Crippen LogP contribution is 2.28. The second-order valence-corrected chi connectivity index (χ2v) is 5.83. The maximum atomic E-state index is 12.4. The highest BCUT2D eigenvalue weighted by molar-refractivity contribution is 7.08. The third-order valence-corrected chi connectivity index (χ3v) is 4.50. The summed E-state index contributed by atoms with van der Waals surface area (Å²) in [7, 11) is 0. The molecule has 0 saturated carbocycles. The Kier molecular flexibility index (Phi) is 3.83. The van der Waals surface area contributed by atoms with Gasteiger partial charge in [0.25, 0.3) is 5.91 Å². The molecule has 1 atom stereocenters. The first-order chi connectivity index (χ1) is 10.2. The van der Waals surface area contributed by atoms with Crippen LogP contribution in [0.3, 0.4) is 0 Å². The Labute approximate surface area is 125 Å². The molecular weight excluding hydrogens is 288 g/mol. The SMILES string of the molecule is CCc1nnsc1C(=O)NC1CCCc2[nH]c(=O)ccc21. The number of nitrogens with one attached hydrogen (secondary N) is 2. The van der Waals surface area contributed by atoms with Gasteiger partial charge in [-0.15, -0.1) is 5.10 Å². The first-order valence-electron chi connectivity index (χ1n) is 7.03. The summed E-state index contributed by atoms with van der Waals surface area (Å²) < 4.78 is 3.85. The van der Waals surface area contributed by atoms with Crippen LogP contribution in [0.4, 0.5) is 0 Å². The van der Waals surface area contributed by atoms with Crippen LogP contribution < -0.4 is 10.9 Å². The Morgan fingerprint density at radius 2 is 2.38 bits per heavy atom. The molecule has 0 bridgehead atoms. The van der Waals surface area contributed by atoms with Gasteiger partial charge in [-0.25, -0.2) is 0 Å². The molecule has 0 spiro atoms.